The van der Waals surface area contributed by atoms with Crippen molar-refractivity contribution in [1.29, 1.82) is 0 Å². The van der Waals surface area contributed by atoms with Crippen LogP contribution in [0.5, 0.6) is 0 Å². The fourth-order valence-electron chi connectivity index (χ4n) is 2.50. The third-order valence-electron chi connectivity index (χ3n) is 4.06. The molecule has 0 unspecified atom stereocenters. The van der Waals surface area contributed by atoms with Gasteiger partial charge in [-0.2, -0.15) is 0 Å². The number of halogens is 2. The summed E-state index contributed by atoms with van der Waals surface area (Å²) >= 11 is 0. The van der Waals surface area contributed by atoms with E-state index in [9.17, 15) is 23.7 Å². The highest BCUT2D eigenvalue weighted by Crippen LogP contribution is 2.27. The fraction of sp³-hybridized carbons (Fsp3) is 0.235. The number of hydrogen-bond acceptors (Lipinski definition) is 4. The Morgan fingerprint density at radius 2 is 1.96 bits per heavy atom. The standard InChI is InChI=1S/C17H17F2N3O3/c1-10(14-8-13(18)5-6-15(14)19)21(2)9-12-4-3-11(17(20)23)7-16(12)22(24)25/h3-8,10H,9H2,1-2H3,(H2,20,23)/t10-/m1/s1. The number of rotatable bonds is 6. The van der Waals surface area contributed by atoms with Gasteiger partial charge in [0.1, 0.15) is 11.6 Å². The minimum atomic E-state index is -0.766. The summed E-state index contributed by atoms with van der Waals surface area (Å²) in [5, 5.41) is 11.2. The topological polar surface area (TPSA) is 89.5 Å². The van der Waals surface area contributed by atoms with Crippen molar-refractivity contribution in [1.82, 2.24) is 4.90 Å². The van der Waals surface area contributed by atoms with Crippen molar-refractivity contribution in [2.75, 3.05) is 7.05 Å². The van der Waals surface area contributed by atoms with Crippen molar-refractivity contribution >= 4 is 11.6 Å². The Hall–Kier alpha value is -2.87. The minimum absolute atomic E-state index is 0.0299. The number of amides is 1. The number of nitrogens with zero attached hydrogens (tertiary/aromatic N) is 2. The molecule has 0 aliphatic carbocycles. The molecule has 0 saturated carbocycles. The lowest BCUT2D eigenvalue weighted by Crippen LogP contribution is -2.23. The molecule has 2 aromatic rings. The van der Waals surface area contributed by atoms with Gasteiger partial charge in [0.05, 0.1) is 4.92 Å². The molecule has 0 aromatic heterocycles. The van der Waals surface area contributed by atoms with E-state index in [0.29, 0.717) is 5.56 Å². The van der Waals surface area contributed by atoms with Gasteiger partial charge in [-0.15, -0.1) is 0 Å². The van der Waals surface area contributed by atoms with E-state index in [0.717, 1.165) is 24.3 Å². The predicted molar refractivity (Wildman–Crippen MR) is 87.9 cm³/mol. The van der Waals surface area contributed by atoms with Gasteiger partial charge in [0.15, 0.2) is 0 Å². The summed E-state index contributed by atoms with van der Waals surface area (Å²) in [6, 6.07) is 6.58. The summed E-state index contributed by atoms with van der Waals surface area (Å²) in [6.45, 7) is 1.77. The number of carbonyl (C=O) groups is 1. The largest absolute Gasteiger partial charge is 0.366 e. The number of carbonyl (C=O) groups excluding carboxylic acids is 1. The first-order valence-corrected chi connectivity index (χ1v) is 7.43. The minimum Gasteiger partial charge on any atom is -0.366 e. The van der Waals surface area contributed by atoms with Crippen LogP contribution in [0.1, 0.15) is 34.5 Å². The molecule has 8 heteroatoms. The second-order valence-corrected chi connectivity index (χ2v) is 5.72. The Labute approximate surface area is 143 Å². The molecule has 0 bridgehead atoms. The molecular weight excluding hydrogens is 332 g/mol. The molecule has 0 fully saturated rings. The molecule has 2 N–H and O–H groups in total. The molecule has 2 rings (SSSR count). The summed E-state index contributed by atoms with van der Waals surface area (Å²) in [4.78, 5) is 23.5. The van der Waals surface area contributed by atoms with Crippen LogP contribution in [0.15, 0.2) is 36.4 Å². The Morgan fingerprint density at radius 1 is 1.28 bits per heavy atom. The molecule has 0 saturated heterocycles. The Bertz CT molecular complexity index is 827. The Balaban J connectivity index is 2.30. The van der Waals surface area contributed by atoms with Crippen molar-refractivity contribution in [3.63, 3.8) is 0 Å². The second-order valence-electron chi connectivity index (χ2n) is 5.72. The lowest BCUT2D eigenvalue weighted by molar-refractivity contribution is -0.385. The molecule has 6 nitrogen and oxygen atoms in total. The molecule has 0 spiro atoms. The van der Waals surface area contributed by atoms with Crippen LogP contribution in [-0.2, 0) is 6.54 Å². The van der Waals surface area contributed by atoms with E-state index in [1.165, 1.54) is 12.1 Å². The Kier molecular flexibility index (Phi) is 5.43. The van der Waals surface area contributed by atoms with Crippen LogP contribution in [0.2, 0.25) is 0 Å². The lowest BCUT2D eigenvalue weighted by Gasteiger charge is -2.25. The second kappa shape index (κ2) is 7.35. The first-order chi connectivity index (χ1) is 11.7. The molecule has 0 aliphatic heterocycles. The SMILES string of the molecule is C[C@H](c1cc(F)ccc1F)N(C)Cc1ccc(C(N)=O)cc1[N+](=O)[O-]. The summed E-state index contributed by atoms with van der Waals surface area (Å²) < 4.78 is 27.3. The zero-order chi connectivity index (χ0) is 18.7. The van der Waals surface area contributed by atoms with Crippen molar-refractivity contribution in [3.8, 4) is 0 Å². The van der Waals surface area contributed by atoms with Gasteiger partial charge in [0.25, 0.3) is 5.69 Å². The van der Waals surface area contributed by atoms with Gasteiger partial charge in [-0.05, 0) is 38.2 Å². The number of nitro groups is 1. The van der Waals surface area contributed by atoms with Gasteiger partial charge >= 0.3 is 0 Å². The maximum atomic E-state index is 13.9. The molecule has 132 valence electrons. The van der Waals surface area contributed by atoms with Crippen molar-refractivity contribution < 1.29 is 18.5 Å². The molecule has 1 amide bonds. The smallest absolute Gasteiger partial charge is 0.274 e. The number of nitrogens with two attached hydrogens (primary N) is 1. The van der Waals surface area contributed by atoms with E-state index >= 15 is 0 Å². The van der Waals surface area contributed by atoms with Gasteiger partial charge in [-0.3, -0.25) is 19.8 Å². The fourth-order valence-corrected chi connectivity index (χ4v) is 2.50. The molecule has 1 atom stereocenters. The van der Waals surface area contributed by atoms with E-state index in [2.05, 4.69) is 0 Å². The van der Waals surface area contributed by atoms with Crippen LogP contribution in [-0.4, -0.2) is 22.8 Å². The maximum Gasteiger partial charge on any atom is 0.274 e. The van der Waals surface area contributed by atoms with Crippen LogP contribution >= 0.6 is 0 Å². The van der Waals surface area contributed by atoms with Crippen molar-refractivity contribution in [3.05, 3.63) is 74.8 Å². The summed E-state index contributed by atoms with van der Waals surface area (Å²) in [5.41, 5.74) is 5.40. The highest BCUT2D eigenvalue weighted by atomic mass is 19.1. The highest BCUT2D eigenvalue weighted by Gasteiger charge is 2.21. The predicted octanol–water partition coefficient (Wildman–Crippen LogP) is 3.16. The third-order valence-corrected chi connectivity index (χ3v) is 4.06. The van der Waals surface area contributed by atoms with Crippen LogP contribution in [0.4, 0.5) is 14.5 Å². The van der Waals surface area contributed by atoms with Gasteiger partial charge < -0.3 is 5.73 Å². The molecule has 2 aromatic carbocycles. The summed E-state index contributed by atoms with van der Waals surface area (Å²) in [6.07, 6.45) is 0. The summed E-state index contributed by atoms with van der Waals surface area (Å²) in [5.74, 6) is -1.88. The van der Waals surface area contributed by atoms with Crippen LogP contribution in [0.25, 0.3) is 0 Å². The van der Waals surface area contributed by atoms with E-state index in [-0.39, 0.29) is 23.4 Å². The zero-order valence-electron chi connectivity index (χ0n) is 13.7. The van der Waals surface area contributed by atoms with E-state index in [1.807, 2.05) is 0 Å². The van der Waals surface area contributed by atoms with Crippen molar-refractivity contribution in [2.24, 2.45) is 5.73 Å². The van der Waals surface area contributed by atoms with Crippen LogP contribution in [0.3, 0.4) is 0 Å². The zero-order valence-corrected chi connectivity index (χ0v) is 13.7. The molecule has 0 radical (unpaired) electrons. The first-order valence-electron chi connectivity index (χ1n) is 7.43. The number of primary amides is 1. The summed E-state index contributed by atoms with van der Waals surface area (Å²) in [7, 11) is 1.64. The first kappa shape index (κ1) is 18.5. The maximum absolute atomic E-state index is 13.9. The molecular formula is C17H17F2N3O3. The normalized spacial score (nSPS) is 12.2. The van der Waals surface area contributed by atoms with E-state index < -0.39 is 28.5 Å². The van der Waals surface area contributed by atoms with E-state index in [1.54, 1.807) is 18.9 Å². The van der Waals surface area contributed by atoms with Gasteiger partial charge in [0.2, 0.25) is 5.91 Å². The van der Waals surface area contributed by atoms with Crippen LogP contribution in [0, 0.1) is 21.7 Å². The van der Waals surface area contributed by atoms with Gasteiger partial charge in [-0.1, -0.05) is 6.07 Å². The van der Waals surface area contributed by atoms with E-state index in [4.69, 9.17) is 5.73 Å². The quantitative estimate of drug-likeness (QED) is 0.641. The van der Waals surface area contributed by atoms with Gasteiger partial charge in [0, 0.05) is 35.3 Å². The van der Waals surface area contributed by atoms with Crippen molar-refractivity contribution in [2.45, 2.75) is 19.5 Å². The third kappa shape index (κ3) is 4.16. The highest BCUT2D eigenvalue weighted by molar-refractivity contribution is 5.93. The van der Waals surface area contributed by atoms with Gasteiger partial charge in [-0.25, -0.2) is 8.78 Å². The Morgan fingerprint density at radius 3 is 2.56 bits per heavy atom. The molecule has 0 heterocycles. The lowest BCUT2D eigenvalue weighted by atomic mass is 10.0. The average molecular weight is 349 g/mol. The number of benzene rings is 2. The monoisotopic (exact) mass is 349 g/mol. The number of nitro benzene ring substituents is 1. The molecule has 25 heavy (non-hydrogen) atoms. The average Bonchev–Trinajstić information content (AvgIpc) is 2.56. The van der Waals surface area contributed by atoms with Crippen LogP contribution < -0.4 is 5.73 Å². The number of hydrogen-bond donors (Lipinski definition) is 1. The molecule has 0 aliphatic rings.